The van der Waals surface area contributed by atoms with E-state index in [-0.39, 0.29) is 12.5 Å². The standard InChI is InChI=1S/C20H23N3.C11H13NO.CH3NO/c1-21-20(16-8-4-3-5-9-16)14-22-13-19-12-17-10-6-7-11-18(17)15-23(19)2;1-7-3-8(2)10-5-9(6-13)12-11(10)4-7;2-1-3/h3-11,14,19,22H,1,12-13,15H2,2H3;3-4,6,9,12H,5H2,1-2H3;1H,(H2,2,3)/b20-14-;;. The highest BCUT2D eigenvalue weighted by molar-refractivity contribution is 5.73. The Balaban J connectivity index is 0.000000221. The summed E-state index contributed by atoms with van der Waals surface area (Å²) in [6.45, 7) is 9.76. The lowest BCUT2D eigenvalue weighted by Gasteiger charge is -2.34. The van der Waals surface area contributed by atoms with E-state index < -0.39 is 0 Å². The molecule has 0 aromatic heterocycles. The Morgan fingerprint density at radius 3 is 2.41 bits per heavy atom. The van der Waals surface area contributed by atoms with E-state index in [2.05, 4.69) is 90.3 Å². The number of aryl methyl sites for hydroxylation is 2. The Kier molecular flexibility index (Phi) is 11.0. The van der Waals surface area contributed by atoms with Crippen molar-refractivity contribution in [2.45, 2.75) is 45.3 Å². The molecule has 0 bridgehead atoms. The molecule has 3 aromatic carbocycles. The molecule has 2 heterocycles. The van der Waals surface area contributed by atoms with Crippen LogP contribution in [-0.4, -0.2) is 50.0 Å². The maximum absolute atomic E-state index is 10.6. The number of nitrogens with zero attached hydrogens (tertiary/aromatic N) is 2. The highest BCUT2D eigenvalue weighted by Gasteiger charge is 2.22. The zero-order valence-electron chi connectivity index (χ0n) is 23.1. The Morgan fingerprint density at radius 2 is 1.74 bits per heavy atom. The van der Waals surface area contributed by atoms with Crippen LogP contribution >= 0.6 is 0 Å². The first-order valence-corrected chi connectivity index (χ1v) is 13.1. The van der Waals surface area contributed by atoms with Crippen LogP contribution in [0.5, 0.6) is 0 Å². The SMILES string of the molecule is C=N/C(=C\NCC1Cc2ccccc2CN1C)c1ccccc1.Cc1cc(C)c2c(c1)NC(C=O)C2.NC=O. The minimum atomic E-state index is -0.0181. The van der Waals surface area contributed by atoms with Crippen LogP contribution in [0, 0.1) is 13.8 Å². The summed E-state index contributed by atoms with van der Waals surface area (Å²) in [5.74, 6) is 0. The Hall–Kier alpha value is -4.23. The van der Waals surface area contributed by atoms with E-state index in [0.29, 0.717) is 6.04 Å². The molecule has 7 heteroatoms. The molecule has 3 aromatic rings. The highest BCUT2D eigenvalue weighted by Crippen LogP contribution is 2.29. The van der Waals surface area contributed by atoms with Crippen molar-refractivity contribution in [3.05, 3.63) is 106 Å². The van der Waals surface area contributed by atoms with E-state index in [0.717, 1.165) is 49.2 Å². The van der Waals surface area contributed by atoms with Crippen LogP contribution in [0.3, 0.4) is 0 Å². The van der Waals surface area contributed by atoms with Gasteiger partial charge in [-0.1, -0.05) is 60.7 Å². The Morgan fingerprint density at radius 1 is 1.08 bits per heavy atom. The van der Waals surface area contributed by atoms with Crippen molar-refractivity contribution in [3.8, 4) is 0 Å². The highest BCUT2D eigenvalue weighted by atomic mass is 16.1. The van der Waals surface area contributed by atoms with Gasteiger partial charge in [0.2, 0.25) is 6.41 Å². The van der Waals surface area contributed by atoms with Gasteiger partial charge in [0, 0.05) is 43.0 Å². The summed E-state index contributed by atoms with van der Waals surface area (Å²) in [5.41, 5.74) is 14.0. The zero-order valence-corrected chi connectivity index (χ0v) is 23.1. The van der Waals surface area contributed by atoms with E-state index in [4.69, 9.17) is 4.79 Å². The molecular weight excluding hydrogens is 486 g/mol. The van der Waals surface area contributed by atoms with Crippen molar-refractivity contribution in [3.63, 3.8) is 0 Å². The predicted octanol–water partition coefficient (Wildman–Crippen LogP) is 4.27. The molecule has 1 amide bonds. The molecule has 5 rings (SSSR count). The number of hydrogen-bond donors (Lipinski definition) is 3. The Labute approximate surface area is 231 Å². The molecule has 2 atom stereocenters. The van der Waals surface area contributed by atoms with Gasteiger partial charge >= 0.3 is 0 Å². The molecule has 0 radical (unpaired) electrons. The van der Waals surface area contributed by atoms with Gasteiger partial charge < -0.3 is 21.2 Å². The number of primary amides is 1. The van der Waals surface area contributed by atoms with Crippen molar-refractivity contribution in [2.75, 3.05) is 18.9 Å². The minimum absolute atomic E-state index is 0.0181. The molecule has 2 aliphatic heterocycles. The largest absolute Gasteiger partial charge is 0.388 e. The average Bonchev–Trinajstić information content (AvgIpc) is 3.36. The summed E-state index contributed by atoms with van der Waals surface area (Å²) in [4.78, 5) is 25.7. The lowest BCUT2D eigenvalue weighted by Crippen LogP contribution is -2.43. The third-order valence-electron chi connectivity index (χ3n) is 7.00. The lowest BCUT2D eigenvalue weighted by molar-refractivity contribution is -0.108. The van der Waals surface area contributed by atoms with E-state index in [9.17, 15) is 4.79 Å². The summed E-state index contributed by atoms with van der Waals surface area (Å²) in [6, 6.07) is 23.6. The van der Waals surface area contributed by atoms with Gasteiger partial charge in [-0.15, -0.1) is 0 Å². The number of fused-ring (bicyclic) bond motifs is 2. The summed E-state index contributed by atoms with van der Waals surface area (Å²) in [6.07, 6.45) is 5.12. The molecule has 4 N–H and O–H groups in total. The number of hydrogen-bond acceptors (Lipinski definition) is 6. The molecule has 7 nitrogen and oxygen atoms in total. The summed E-state index contributed by atoms with van der Waals surface area (Å²) >= 11 is 0. The van der Waals surface area contributed by atoms with Crippen LogP contribution < -0.4 is 16.4 Å². The maximum Gasteiger partial charge on any atom is 0.204 e. The van der Waals surface area contributed by atoms with E-state index >= 15 is 0 Å². The van der Waals surface area contributed by atoms with Gasteiger partial charge in [0.1, 0.15) is 6.29 Å². The second-order valence-corrected chi connectivity index (χ2v) is 9.84. The van der Waals surface area contributed by atoms with Gasteiger partial charge in [-0.25, -0.2) is 0 Å². The monoisotopic (exact) mass is 525 g/mol. The number of nitrogens with two attached hydrogens (primary N) is 1. The number of aliphatic imine (C=N–C) groups is 1. The first-order valence-electron chi connectivity index (χ1n) is 13.1. The molecule has 2 unspecified atom stereocenters. The molecular formula is C32H39N5O2. The van der Waals surface area contributed by atoms with Gasteiger partial charge in [0.25, 0.3) is 0 Å². The van der Waals surface area contributed by atoms with Gasteiger partial charge in [0.15, 0.2) is 0 Å². The minimum Gasteiger partial charge on any atom is -0.388 e. The number of amides is 1. The van der Waals surface area contributed by atoms with Crippen LogP contribution in [0.2, 0.25) is 0 Å². The second-order valence-electron chi connectivity index (χ2n) is 9.84. The van der Waals surface area contributed by atoms with Crippen molar-refractivity contribution < 1.29 is 9.59 Å². The van der Waals surface area contributed by atoms with Gasteiger partial charge in [-0.2, -0.15) is 0 Å². The van der Waals surface area contributed by atoms with Crippen LogP contribution in [0.15, 0.2) is 77.9 Å². The second kappa shape index (κ2) is 14.6. The van der Waals surface area contributed by atoms with Crippen molar-refractivity contribution in [1.29, 1.82) is 0 Å². The number of aldehydes is 1. The maximum atomic E-state index is 10.6. The normalized spacial score (nSPS) is 17.6. The number of benzene rings is 3. The third kappa shape index (κ3) is 8.12. The van der Waals surface area contributed by atoms with E-state index in [1.54, 1.807) is 0 Å². The fourth-order valence-electron chi connectivity index (χ4n) is 5.02. The zero-order chi connectivity index (χ0) is 28.2. The quantitative estimate of drug-likeness (QED) is 0.330. The first-order chi connectivity index (χ1) is 18.9. The predicted molar refractivity (Wildman–Crippen MR) is 161 cm³/mol. The summed E-state index contributed by atoms with van der Waals surface area (Å²) < 4.78 is 0. The lowest BCUT2D eigenvalue weighted by atomic mass is 9.94. The average molecular weight is 526 g/mol. The number of carbonyl (C=O) groups excluding carboxylic acids is 2. The Bertz CT molecular complexity index is 1290. The fraction of sp³-hybridized carbons (Fsp3) is 0.281. The van der Waals surface area contributed by atoms with Crippen molar-refractivity contribution >= 4 is 30.8 Å². The fourth-order valence-corrected chi connectivity index (χ4v) is 5.02. The van der Waals surface area contributed by atoms with Gasteiger partial charge in [0.05, 0.1) is 11.7 Å². The first kappa shape index (κ1) is 29.3. The van der Waals surface area contributed by atoms with Gasteiger partial charge in [-0.3, -0.25) is 14.7 Å². The molecule has 204 valence electrons. The number of anilines is 1. The third-order valence-corrected chi connectivity index (χ3v) is 7.00. The molecule has 39 heavy (non-hydrogen) atoms. The van der Waals surface area contributed by atoms with Crippen LogP contribution in [0.4, 0.5) is 5.69 Å². The molecule has 0 fully saturated rings. The molecule has 0 saturated heterocycles. The number of nitrogens with one attached hydrogen (secondary N) is 2. The van der Waals surface area contributed by atoms with Crippen LogP contribution in [-0.2, 0) is 29.0 Å². The van der Waals surface area contributed by atoms with E-state index in [1.165, 1.54) is 27.8 Å². The molecule has 0 saturated carbocycles. The van der Waals surface area contributed by atoms with Crippen molar-refractivity contribution in [1.82, 2.24) is 10.2 Å². The number of rotatable bonds is 6. The number of likely N-dealkylation sites (N-methyl/N-ethyl adjacent to an activating group) is 1. The van der Waals surface area contributed by atoms with Crippen molar-refractivity contribution in [2.24, 2.45) is 10.7 Å². The molecule has 0 spiro atoms. The van der Waals surface area contributed by atoms with Crippen LogP contribution in [0.1, 0.15) is 33.4 Å². The number of carbonyl (C=O) groups is 2. The smallest absolute Gasteiger partial charge is 0.204 e. The van der Waals surface area contributed by atoms with Crippen LogP contribution in [0.25, 0.3) is 5.70 Å². The topological polar surface area (TPSA) is 99.8 Å². The summed E-state index contributed by atoms with van der Waals surface area (Å²) in [5, 5.41) is 6.63. The van der Waals surface area contributed by atoms with E-state index in [1.807, 2.05) is 36.5 Å². The molecule has 0 aliphatic carbocycles. The van der Waals surface area contributed by atoms with Gasteiger partial charge in [-0.05, 0) is 67.9 Å². The molecule has 2 aliphatic rings. The summed E-state index contributed by atoms with van der Waals surface area (Å²) in [7, 11) is 2.19.